The largest absolute Gasteiger partial charge is 0.428 e. The van der Waals surface area contributed by atoms with Crippen LogP contribution in [0.25, 0.3) is 21.5 Å². The molecule has 14 nitrogen and oxygen atoms in total. The summed E-state index contributed by atoms with van der Waals surface area (Å²) in [5.41, 5.74) is -2.06. The maximum Gasteiger partial charge on any atom is 0.298 e. The van der Waals surface area contributed by atoms with Crippen molar-refractivity contribution >= 4 is 45.7 Å². The number of piperazine rings is 1. The standard InChI is InChI=1S/C28H23N5O9/c1-29-22(35)14-9-17-18(10-15(14)23(29)36)28(41)33(27(17)40)8-5-31-3-6-32(7-4-31)26(39)20-11-16-19(12-21(20)42-13-34)25(38)30(2)24(16)37/h9-13H,3-8H2,1-2H3. The third-order valence-electron chi connectivity index (χ3n) is 8.07. The SMILES string of the molecule is CN1C(=O)c2cc(OC=O)c(C(=O)N3CCN(CCn4c(=O)c5cc6c(=O)n(C)c(=O)c6cc5c4=O)CC3)cc2C1=O. The van der Waals surface area contributed by atoms with Crippen LogP contribution in [0.5, 0.6) is 5.75 Å². The molecule has 0 radical (unpaired) electrons. The number of aromatic nitrogens is 2. The van der Waals surface area contributed by atoms with Crippen LogP contribution in [0.15, 0.2) is 43.4 Å². The first-order valence-electron chi connectivity index (χ1n) is 13.0. The van der Waals surface area contributed by atoms with Crippen molar-refractivity contribution in [3.63, 3.8) is 0 Å². The van der Waals surface area contributed by atoms with E-state index in [2.05, 4.69) is 0 Å². The van der Waals surface area contributed by atoms with Crippen LogP contribution in [0.1, 0.15) is 31.1 Å². The van der Waals surface area contributed by atoms with Gasteiger partial charge < -0.3 is 9.64 Å². The number of rotatable bonds is 6. The zero-order chi connectivity index (χ0) is 30.0. The Kier molecular flexibility index (Phi) is 6.22. The van der Waals surface area contributed by atoms with Gasteiger partial charge in [-0.15, -0.1) is 0 Å². The summed E-state index contributed by atoms with van der Waals surface area (Å²) in [4.78, 5) is 104. The first kappa shape index (κ1) is 27.0. The third kappa shape index (κ3) is 3.90. The molecule has 4 heterocycles. The highest BCUT2D eigenvalue weighted by molar-refractivity contribution is 6.22. The van der Waals surface area contributed by atoms with E-state index in [0.717, 1.165) is 14.0 Å². The summed E-state index contributed by atoms with van der Waals surface area (Å²) < 4.78 is 6.99. The molecule has 3 amide bonds. The van der Waals surface area contributed by atoms with Crippen molar-refractivity contribution in [2.24, 2.45) is 7.05 Å². The predicted octanol–water partition coefficient (Wildman–Crippen LogP) is -1.33. The molecule has 0 unspecified atom stereocenters. The van der Waals surface area contributed by atoms with E-state index in [9.17, 15) is 38.4 Å². The van der Waals surface area contributed by atoms with Gasteiger partial charge in [0.15, 0.2) is 0 Å². The maximum atomic E-state index is 13.4. The number of hydrogen-bond donors (Lipinski definition) is 0. The molecule has 0 bridgehead atoms. The van der Waals surface area contributed by atoms with E-state index in [4.69, 9.17) is 4.74 Å². The number of carbonyl (C=O) groups excluding carboxylic acids is 4. The minimum Gasteiger partial charge on any atom is -0.428 e. The van der Waals surface area contributed by atoms with Gasteiger partial charge in [-0.2, -0.15) is 0 Å². The minimum atomic E-state index is -0.560. The predicted molar refractivity (Wildman–Crippen MR) is 148 cm³/mol. The van der Waals surface area contributed by atoms with Crippen LogP contribution in [-0.2, 0) is 18.4 Å². The highest BCUT2D eigenvalue weighted by atomic mass is 16.5. The van der Waals surface area contributed by atoms with Crippen LogP contribution in [0.4, 0.5) is 0 Å². The summed E-state index contributed by atoms with van der Waals surface area (Å²) in [5, 5.41) is 0.357. The van der Waals surface area contributed by atoms with Gasteiger partial charge in [-0.05, 0) is 24.3 Å². The fraction of sp³-hybridized carbons (Fsp3) is 0.286. The van der Waals surface area contributed by atoms with Gasteiger partial charge in [0.1, 0.15) is 5.75 Å². The number of ether oxygens (including phenoxy) is 1. The second-order valence-electron chi connectivity index (χ2n) is 10.3. The third-order valence-corrected chi connectivity index (χ3v) is 8.07. The molecule has 1 fully saturated rings. The average Bonchev–Trinajstić information content (AvgIpc) is 3.45. The minimum absolute atomic E-state index is 0.0215. The Hall–Kier alpha value is -5.24. The molecule has 0 N–H and O–H groups in total. The van der Waals surface area contributed by atoms with E-state index in [1.54, 1.807) is 0 Å². The van der Waals surface area contributed by atoms with E-state index < -0.39 is 40.0 Å². The molecule has 0 saturated carbocycles. The Balaban J connectivity index is 1.17. The maximum absolute atomic E-state index is 13.4. The quantitative estimate of drug-likeness (QED) is 0.199. The first-order valence-corrected chi connectivity index (χ1v) is 13.0. The molecule has 0 spiro atoms. The van der Waals surface area contributed by atoms with E-state index in [1.807, 2.05) is 4.90 Å². The molecule has 214 valence electrons. The summed E-state index contributed by atoms with van der Waals surface area (Å²) >= 11 is 0. The molecule has 2 aliphatic rings. The van der Waals surface area contributed by atoms with Crippen LogP contribution in [0, 0.1) is 0 Å². The second kappa shape index (κ2) is 9.69. The number of imide groups is 1. The van der Waals surface area contributed by atoms with Crippen LogP contribution in [0.3, 0.4) is 0 Å². The lowest BCUT2D eigenvalue weighted by Gasteiger charge is -2.35. The van der Waals surface area contributed by atoms with Crippen molar-refractivity contribution < 1.29 is 23.9 Å². The zero-order valence-electron chi connectivity index (χ0n) is 22.5. The van der Waals surface area contributed by atoms with Gasteiger partial charge in [0.25, 0.3) is 46.4 Å². The molecular formula is C28H23N5O9. The number of benzene rings is 2. The Morgan fingerprint density at radius 2 is 1.26 bits per heavy atom. The van der Waals surface area contributed by atoms with Crippen LogP contribution in [0.2, 0.25) is 0 Å². The van der Waals surface area contributed by atoms with Crippen molar-refractivity contribution in [3.8, 4) is 5.75 Å². The van der Waals surface area contributed by atoms with Gasteiger partial charge in [0.2, 0.25) is 0 Å². The monoisotopic (exact) mass is 573 g/mol. The van der Waals surface area contributed by atoms with E-state index in [1.165, 1.54) is 43.3 Å². The number of carbonyl (C=O) groups is 4. The highest BCUT2D eigenvalue weighted by Gasteiger charge is 2.36. The lowest BCUT2D eigenvalue weighted by Crippen LogP contribution is -2.49. The molecule has 14 heteroatoms. The van der Waals surface area contributed by atoms with E-state index >= 15 is 0 Å². The van der Waals surface area contributed by atoms with Crippen molar-refractivity contribution in [2.75, 3.05) is 39.8 Å². The van der Waals surface area contributed by atoms with Gasteiger partial charge in [-0.25, -0.2) is 0 Å². The zero-order valence-corrected chi connectivity index (χ0v) is 22.5. The van der Waals surface area contributed by atoms with Crippen molar-refractivity contribution in [1.29, 1.82) is 0 Å². The topological polar surface area (TPSA) is 165 Å². The Morgan fingerprint density at radius 3 is 1.81 bits per heavy atom. The highest BCUT2D eigenvalue weighted by Crippen LogP contribution is 2.30. The normalized spacial score (nSPS) is 15.7. The number of hydrogen-bond acceptors (Lipinski definition) is 10. The smallest absolute Gasteiger partial charge is 0.298 e. The molecule has 42 heavy (non-hydrogen) atoms. The van der Waals surface area contributed by atoms with Crippen molar-refractivity contribution in [2.45, 2.75) is 6.54 Å². The summed E-state index contributed by atoms with van der Waals surface area (Å²) in [6.45, 7) is 1.91. The molecule has 4 aromatic rings. The molecule has 0 aliphatic carbocycles. The summed E-state index contributed by atoms with van der Waals surface area (Å²) in [6, 6.07) is 5.10. The van der Waals surface area contributed by atoms with E-state index in [-0.39, 0.29) is 70.1 Å². The fourth-order valence-electron chi connectivity index (χ4n) is 5.64. The van der Waals surface area contributed by atoms with Gasteiger partial charge in [-0.1, -0.05) is 0 Å². The molecule has 2 aliphatic heterocycles. The summed E-state index contributed by atoms with van der Waals surface area (Å²) in [5.74, 6) is -1.73. The summed E-state index contributed by atoms with van der Waals surface area (Å²) in [6.07, 6.45) is 0. The second-order valence-corrected chi connectivity index (χ2v) is 10.3. The lowest BCUT2D eigenvalue weighted by atomic mass is 10.0. The van der Waals surface area contributed by atoms with Crippen molar-refractivity contribution in [1.82, 2.24) is 23.8 Å². The van der Waals surface area contributed by atoms with Gasteiger partial charge in [-0.3, -0.25) is 57.3 Å². The number of nitrogens with zero attached hydrogens (tertiary/aromatic N) is 5. The molecule has 2 aromatic carbocycles. The molecule has 2 aromatic heterocycles. The van der Waals surface area contributed by atoms with Gasteiger partial charge >= 0.3 is 0 Å². The number of amides is 3. The van der Waals surface area contributed by atoms with Gasteiger partial charge in [0.05, 0.1) is 38.2 Å². The Labute approximate surface area is 235 Å². The Bertz CT molecular complexity index is 2000. The van der Waals surface area contributed by atoms with Crippen LogP contribution in [-0.4, -0.2) is 87.8 Å². The molecular weight excluding hydrogens is 550 g/mol. The number of fused-ring (bicyclic) bond motifs is 3. The first-order chi connectivity index (χ1) is 20.0. The van der Waals surface area contributed by atoms with Crippen molar-refractivity contribution in [3.05, 3.63) is 82.4 Å². The fourth-order valence-corrected chi connectivity index (χ4v) is 5.64. The van der Waals surface area contributed by atoms with E-state index in [0.29, 0.717) is 19.6 Å². The summed E-state index contributed by atoms with van der Waals surface area (Å²) in [7, 11) is 2.66. The molecule has 0 atom stereocenters. The van der Waals surface area contributed by atoms with Crippen LogP contribution >= 0.6 is 0 Å². The molecule has 6 rings (SSSR count). The lowest BCUT2D eigenvalue weighted by molar-refractivity contribution is -0.120. The average molecular weight is 574 g/mol. The molecule has 1 saturated heterocycles. The van der Waals surface area contributed by atoms with Crippen LogP contribution < -0.4 is 27.0 Å². The Morgan fingerprint density at radius 1 is 0.738 bits per heavy atom. The van der Waals surface area contributed by atoms with Gasteiger partial charge in [0, 0.05) is 53.4 Å².